The Bertz CT molecular complexity index is 437. The lowest BCUT2D eigenvalue weighted by Gasteiger charge is -2.37. The van der Waals surface area contributed by atoms with E-state index >= 15 is 0 Å². The summed E-state index contributed by atoms with van der Waals surface area (Å²) in [6.07, 6.45) is 2.63. The molecule has 0 bridgehead atoms. The van der Waals surface area contributed by atoms with Gasteiger partial charge in [-0.05, 0) is 58.8 Å². The van der Waals surface area contributed by atoms with Gasteiger partial charge in [-0.2, -0.15) is 0 Å². The molecule has 5 nitrogen and oxygen atoms in total. The predicted molar refractivity (Wildman–Crippen MR) is 91.3 cm³/mol. The van der Waals surface area contributed by atoms with Gasteiger partial charge in [0.05, 0.1) is 30.3 Å². The van der Waals surface area contributed by atoms with E-state index in [0.29, 0.717) is 6.42 Å². The summed E-state index contributed by atoms with van der Waals surface area (Å²) in [7, 11) is 0. The lowest BCUT2D eigenvalue weighted by atomic mass is 9.96. The molecule has 1 saturated carbocycles. The topological polar surface area (TPSA) is 65.0 Å². The molecule has 1 aliphatic carbocycles. The number of hydrogen-bond acceptors (Lipinski definition) is 5. The minimum absolute atomic E-state index is 0.0344. The third kappa shape index (κ3) is 4.93. The van der Waals surface area contributed by atoms with E-state index in [-0.39, 0.29) is 47.8 Å². The van der Waals surface area contributed by atoms with Crippen LogP contribution in [0.2, 0.25) is 0 Å². The van der Waals surface area contributed by atoms with Crippen molar-refractivity contribution in [1.82, 2.24) is 0 Å². The van der Waals surface area contributed by atoms with Crippen LogP contribution in [0, 0.1) is 17.3 Å². The van der Waals surface area contributed by atoms with Crippen LogP contribution in [0.4, 0.5) is 0 Å². The normalized spacial score (nSPS) is 40.4. The van der Waals surface area contributed by atoms with Crippen molar-refractivity contribution >= 4 is 5.97 Å². The molecule has 0 spiro atoms. The summed E-state index contributed by atoms with van der Waals surface area (Å²) in [5.74, 6) is 0.157. The first kappa shape index (κ1) is 19.7. The maximum Gasteiger partial charge on any atom is 0.309 e. The second kappa shape index (κ2) is 7.71. The van der Waals surface area contributed by atoms with Gasteiger partial charge in [-0.3, -0.25) is 4.79 Å². The van der Waals surface area contributed by atoms with Crippen molar-refractivity contribution in [3.63, 3.8) is 0 Å². The average Bonchev–Trinajstić information content (AvgIpc) is 3.15. The number of rotatable bonds is 7. The summed E-state index contributed by atoms with van der Waals surface area (Å²) in [4.78, 5) is 12.0. The molecule has 1 aliphatic heterocycles. The van der Waals surface area contributed by atoms with Crippen molar-refractivity contribution in [2.75, 3.05) is 0 Å². The fourth-order valence-corrected chi connectivity index (χ4v) is 3.48. The van der Waals surface area contributed by atoms with Crippen molar-refractivity contribution in [1.29, 1.82) is 0 Å². The van der Waals surface area contributed by atoms with Crippen molar-refractivity contribution in [3.05, 3.63) is 0 Å². The highest BCUT2D eigenvalue weighted by Crippen LogP contribution is 2.56. The third-order valence-electron chi connectivity index (χ3n) is 5.44. The molecule has 1 heterocycles. The number of hydrogen-bond donors (Lipinski definition) is 1. The van der Waals surface area contributed by atoms with E-state index in [1.54, 1.807) is 0 Å². The fourth-order valence-electron chi connectivity index (χ4n) is 3.48. The number of aliphatic hydroxyl groups is 1. The van der Waals surface area contributed by atoms with Crippen LogP contribution >= 0.6 is 0 Å². The Kier molecular flexibility index (Phi) is 6.32. The summed E-state index contributed by atoms with van der Waals surface area (Å²) in [6, 6.07) is 0. The second-order valence-electron chi connectivity index (χ2n) is 8.37. The highest BCUT2D eigenvalue weighted by atomic mass is 16.7. The fraction of sp³-hybridized carbons (Fsp3) is 0.947. The SMILES string of the molecule is CC(C)OC(=O)[C@@H]1C[C@]1(C)CC[C@@H](C)OC1O[C@@H](C)C(O)C[C@H]1C. The number of aliphatic hydroxyl groups excluding tert-OH is 1. The largest absolute Gasteiger partial charge is 0.463 e. The van der Waals surface area contributed by atoms with Crippen molar-refractivity contribution in [2.24, 2.45) is 17.3 Å². The zero-order chi connectivity index (χ0) is 18.1. The molecule has 2 fully saturated rings. The Morgan fingerprint density at radius 1 is 1.33 bits per heavy atom. The van der Waals surface area contributed by atoms with Crippen molar-refractivity contribution in [3.8, 4) is 0 Å². The number of carbonyl (C=O) groups excluding carboxylic acids is 1. The summed E-state index contributed by atoms with van der Waals surface area (Å²) in [5, 5.41) is 9.84. The van der Waals surface area contributed by atoms with Gasteiger partial charge in [-0.15, -0.1) is 0 Å². The first-order valence-electron chi connectivity index (χ1n) is 9.32. The van der Waals surface area contributed by atoms with Crippen LogP contribution in [0.3, 0.4) is 0 Å². The van der Waals surface area contributed by atoms with Gasteiger partial charge in [0, 0.05) is 5.92 Å². The van der Waals surface area contributed by atoms with E-state index in [9.17, 15) is 9.90 Å². The van der Waals surface area contributed by atoms with Crippen LogP contribution in [0.15, 0.2) is 0 Å². The molecule has 0 amide bonds. The molecular formula is C19H34O5. The van der Waals surface area contributed by atoms with E-state index in [1.165, 1.54) is 0 Å². The van der Waals surface area contributed by atoms with Crippen LogP contribution in [0.25, 0.3) is 0 Å². The molecule has 1 N–H and O–H groups in total. The molecule has 0 aromatic rings. The molecule has 2 aliphatic rings. The number of esters is 1. The Morgan fingerprint density at radius 3 is 2.62 bits per heavy atom. The summed E-state index contributed by atoms with van der Waals surface area (Å²) in [6.45, 7) is 11.9. The number of carbonyl (C=O) groups is 1. The highest BCUT2D eigenvalue weighted by molar-refractivity contribution is 5.76. The van der Waals surface area contributed by atoms with Gasteiger partial charge in [0.2, 0.25) is 0 Å². The molecular weight excluding hydrogens is 308 g/mol. The van der Waals surface area contributed by atoms with E-state index in [1.807, 2.05) is 27.7 Å². The molecule has 0 aromatic heterocycles. The smallest absolute Gasteiger partial charge is 0.309 e. The van der Waals surface area contributed by atoms with Crippen LogP contribution in [-0.4, -0.2) is 41.8 Å². The monoisotopic (exact) mass is 342 g/mol. The van der Waals surface area contributed by atoms with Gasteiger partial charge in [0.15, 0.2) is 6.29 Å². The maximum absolute atomic E-state index is 12.0. The molecule has 1 saturated heterocycles. The van der Waals surface area contributed by atoms with Crippen LogP contribution in [0.5, 0.6) is 0 Å². The minimum atomic E-state index is -0.409. The van der Waals surface area contributed by atoms with Crippen LogP contribution < -0.4 is 0 Å². The van der Waals surface area contributed by atoms with E-state index in [4.69, 9.17) is 14.2 Å². The van der Waals surface area contributed by atoms with Crippen LogP contribution in [0.1, 0.15) is 67.2 Å². The molecule has 140 valence electrons. The first-order chi connectivity index (χ1) is 11.1. The van der Waals surface area contributed by atoms with Gasteiger partial charge in [0.1, 0.15) is 0 Å². The molecule has 2 unspecified atom stereocenters. The highest BCUT2D eigenvalue weighted by Gasteiger charge is 2.55. The lowest BCUT2D eigenvalue weighted by Crippen LogP contribution is -2.44. The molecule has 2 rings (SSSR count). The molecule has 5 heteroatoms. The maximum atomic E-state index is 12.0. The summed E-state index contributed by atoms with van der Waals surface area (Å²) in [5.41, 5.74) is 0.0477. The summed E-state index contributed by atoms with van der Waals surface area (Å²) < 4.78 is 17.2. The van der Waals surface area contributed by atoms with Crippen LogP contribution in [-0.2, 0) is 19.0 Å². The van der Waals surface area contributed by atoms with Gasteiger partial charge < -0.3 is 19.3 Å². The third-order valence-corrected chi connectivity index (χ3v) is 5.44. The Morgan fingerprint density at radius 2 is 2.00 bits per heavy atom. The lowest BCUT2D eigenvalue weighted by molar-refractivity contribution is -0.255. The van der Waals surface area contributed by atoms with Gasteiger partial charge in [-0.25, -0.2) is 0 Å². The first-order valence-corrected chi connectivity index (χ1v) is 9.32. The Balaban J connectivity index is 1.74. The molecule has 0 radical (unpaired) electrons. The number of ether oxygens (including phenoxy) is 3. The molecule has 24 heavy (non-hydrogen) atoms. The Hall–Kier alpha value is -0.650. The Labute approximate surface area is 146 Å². The van der Waals surface area contributed by atoms with E-state index in [2.05, 4.69) is 13.8 Å². The minimum Gasteiger partial charge on any atom is -0.463 e. The van der Waals surface area contributed by atoms with Gasteiger partial charge >= 0.3 is 5.97 Å². The van der Waals surface area contributed by atoms with Gasteiger partial charge in [0.25, 0.3) is 0 Å². The standard InChI is InChI=1S/C19H34O5/c1-11(2)22-17(21)15-10-19(15,6)8-7-13(4)23-18-12(3)9-16(20)14(5)24-18/h11-16,18,20H,7-10H2,1-6H3/t12-,13-,14+,15+,16?,18?,19+/m1/s1. The van der Waals surface area contributed by atoms with Gasteiger partial charge in [-0.1, -0.05) is 13.8 Å². The summed E-state index contributed by atoms with van der Waals surface area (Å²) >= 11 is 0. The molecule has 7 atom stereocenters. The zero-order valence-electron chi connectivity index (χ0n) is 16.0. The predicted octanol–water partition coefficient (Wildman–Crippen LogP) is 3.28. The average molecular weight is 342 g/mol. The zero-order valence-corrected chi connectivity index (χ0v) is 16.0. The van der Waals surface area contributed by atoms with E-state index in [0.717, 1.165) is 19.3 Å². The van der Waals surface area contributed by atoms with Crippen molar-refractivity contribution in [2.45, 2.75) is 97.9 Å². The van der Waals surface area contributed by atoms with Crippen molar-refractivity contribution < 1.29 is 24.1 Å². The second-order valence-corrected chi connectivity index (χ2v) is 8.37. The van der Waals surface area contributed by atoms with E-state index < -0.39 is 6.10 Å². The quantitative estimate of drug-likeness (QED) is 0.719. The molecule has 0 aromatic carbocycles.